The van der Waals surface area contributed by atoms with Gasteiger partial charge in [-0.1, -0.05) is 6.92 Å². The first-order valence-electron chi connectivity index (χ1n) is 10.5. The number of hydrogen-bond acceptors (Lipinski definition) is 4. The topological polar surface area (TPSA) is 73.0 Å². The third-order valence-corrected chi connectivity index (χ3v) is 6.25. The second kappa shape index (κ2) is 8.38. The number of rotatable bonds is 3. The summed E-state index contributed by atoms with van der Waals surface area (Å²) in [7, 11) is 0. The molecule has 0 N–H and O–H groups in total. The summed E-state index contributed by atoms with van der Waals surface area (Å²) < 4.78 is 96.0. The van der Waals surface area contributed by atoms with E-state index >= 15 is 0 Å². The van der Waals surface area contributed by atoms with Crippen molar-refractivity contribution in [2.45, 2.75) is 51.1 Å². The van der Waals surface area contributed by atoms with Gasteiger partial charge in [-0.3, -0.25) is 9.36 Å². The number of nitrogens with zero attached hydrogens (tertiary/aromatic N) is 5. The standard InChI is InChI=1S/C20H20F7N5O2/c1-10-5-7-30(8-10)17(33)15-12(19(22,23)24)2-3-13-29-31(18(34)32(13)15)9-11-4-6-28-16(14(11)21)20(25,26)27/h4,6,10,12,15H,2-3,5,7-9H2,1H3/t10-,12?,15?/m0/s1. The van der Waals surface area contributed by atoms with Crippen LogP contribution in [0.5, 0.6) is 0 Å². The predicted octanol–water partition coefficient (Wildman–Crippen LogP) is 3.18. The van der Waals surface area contributed by atoms with E-state index in [1.165, 1.54) is 4.90 Å². The lowest BCUT2D eigenvalue weighted by molar-refractivity contribution is -0.196. The van der Waals surface area contributed by atoms with Gasteiger partial charge in [-0.15, -0.1) is 0 Å². The van der Waals surface area contributed by atoms with Gasteiger partial charge in [0.25, 0.3) is 0 Å². The minimum absolute atomic E-state index is 0.0910. The lowest BCUT2D eigenvalue weighted by atomic mass is 9.89. The molecule has 1 fully saturated rings. The highest BCUT2D eigenvalue weighted by Crippen LogP contribution is 2.42. The largest absolute Gasteiger partial charge is 0.436 e. The van der Waals surface area contributed by atoms with Crippen LogP contribution in [0.25, 0.3) is 0 Å². The molecular weight excluding hydrogens is 475 g/mol. The van der Waals surface area contributed by atoms with E-state index in [4.69, 9.17) is 0 Å². The Labute approximate surface area is 188 Å². The first-order valence-corrected chi connectivity index (χ1v) is 10.5. The van der Waals surface area contributed by atoms with E-state index in [9.17, 15) is 40.3 Å². The van der Waals surface area contributed by atoms with Crippen LogP contribution in [0.4, 0.5) is 30.7 Å². The summed E-state index contributed by atoms with van der Waals surface area (Å²) in [6, 6.07) is -0.967. The Bertz CT molecular complexity index is 1150. The molecule has 1 saturated heterocycles. The second-order valence-corrected chi connectivity index (χ2v) is 8.67. The zero-order chi connectivity index (χ0) is 25.0. The Morgan fingerprint density at radius 3 is 2.47 bits per heavy atom. The van der Waals surface area contributed by atoms with Gasteiger partial charge >= 0.3 is 18.0 Å². The number of carbonyl (C=O) groups excluding carboxylic acids is 1. The highest BCUT2D eigenvalue weighted by Gasteiger charge is 2.52. The molecule has 186 valence electrons. The molecule has 2 unspecified atom stereocenters. The molecule has 0 saturated carbocycles. The molecule has 0 aromatic carbocycles. The predicted molar refractivity (Wildman–Crippen MR) is 102 cm³/mol. The molecule has 3 atom stereocenters. The molecule has 0 bridgehead atoms. The van der Waals surface area contributed by atoms with Crippen molar-refractivity contribution in [1.29, 1.82) is 0 Å². The van der Waals surface area contributed by atoms with Gasteiger partial charge in [0, 0.05) is 31.3 Å². The molecule has 7 nitrogen and oxygen atoms in total. The van der Waals surface area contributed by atoms with Crippen LogP contribution in [-0.2, 0) is 23.9 Å². The number of pyridine rings is 1. The number of aryl methyl sites for hydroxylation is 1. The van der Waals surface area contributed by atoms with Gasteiger partial charge in [0.15, 0.2) is 11.5 Å². The molecule has 2 aliphatic heterocycles. The van der Waals surface area contributed by atoms with Crippen molar-refractivity contribution in [1.82, 2.24) is 24.2 Å². The van der Waals surface area contributed by atoms with E-state index in [1.807, 2.05) is 6.92 Å². The van der Waals surface area contributed by atoms with Crippen LogP contribution in [0.15, 0.2) is 17.1 Å². The van der Waals surface area contributed by atoms with Gasteiger partial charge in [0.1, 0.15) is 11.9 Å². The van der Waals surface area contributed by atoms with E-state index in [0.717, 1.165) is 6.07 Å². The number of fused-ring (bicyclic) bond motifs is 1. The van der Waals surface area contributed by atoms with Crippen LogP contribution in [0, 0.1) is 17.7 Å². The Kier molecular flexibility index (Phi) is 5.96. The molecule has 4 rings (SSSR count). The van der Waals surface area contributed by atoms with Crippen molar-refractivity contribution in [2.24, 2.45) is 11.8 Å². The van der Waals surface area contributed by atoms with Gasteiger partial charge in [-0.25, -0.2) is 18.9 Å². The lowest BCUT2D eigenvalue weighted by Gasteiger charge is -2.34. The van der Waals surface area contributed by atoms with Crippen molar-refractivity contribution >= 4 is 5.91 Å². The molecule has 2 aromatic rings. The number of likely N-dealkylation sites (tertiary alicyclic amines) is 1. The molecule has 2 aromatic heterocycles. The molecular formula is C20H20F7N5O2. The van der Waals surface area contributed by atoms with Crippen molar-refractivity contribution in [3.05, 3.63) is 45.6 Å². The summed E-state index contributed by atoms with van der Waals surface area (Å²) in [5.74, 6) is -4.72. The SMILES string of the molecule is C[C@H]1CCN(C(=O)C2C(C(F)(F)F)CCc3nn(Cc4ccnc(C(F)(F)F)c4F)c(=O)n32)C1. The average Bonchev–Trinajstić information content (AvgIpc) is 3.30. The molecule has 0 radical (unpaired) electrons. The zero-order valence-electron chi connectivity index (χ0n) is 17.8. The summed E-state index contributed by atoms with van der Waals surface area (Å²) in [5.41, 5.74) is -3.47. The molecule has 4 heterocycles. The number of halogens is 7. The highest BCUT2D eigenvalue weighted by molar-refractivity contribution is 5.81. The van der Waals surface area contributed by atoms with Gasteiger partial charge in [-0.2, -0.15) is 31.4 Å². The van der Waals surface area contributed by atoms with Crippen LogP contribution in [0.3, 0.4) is 0 Å². The van der Waals surface area contributed by atoms with Gasteiger partial charge in [0.05, 0.1) is 12.5 Å². The quantitative estimate of drug-likeness (QED) is 0.614. The Hall–Kier alpha value is -2.93. The maximum absolute atomic E-state index is 14.4. The Balaban J connectivity index is 1.75. The first kappa shape index (κ1) is 24.2. The first-order chi connectivity index (χ1) is 15.8. The average molecular weight is 495 g/mol. The fourth-order valence-electron chi connectivity index (χ4n) is 4.55. The van der Waals surface area contributed by atoms with Gasteiger partial charge in [0.2, 0.25) is 5.91 Å². The minimum atomic E-state index is -5.08. The Morgan fingerprint density at radius 2 is 1.88 bits per heavy atom. The third kappa shape index (κ3) is 4.29. The molecule has 14 heteroatoms. The zero-order valence-corrected chi connectivity index (χ0v) is 17.8. The number of aromatic nitrogens is 4. The number of alkyl halides is 6. The second-order valence-electron chi connectivity index (χ2n) is 8.67. The molecule has 0 aliphatic carbocycles. The van der Waals surface area contributed by atoms with Crippen molar-refractivity contribution < 1.29 is 35.5 Å². The van der Waals surface area contributed by atoms with Gasteiger partial charge < -0.3 is 4.90 Å². The fraction of sp³-hybridized carbons (Fsp3) is 0.600. The summed E-state index contributed by atoms with van der Waals surface area (Å²) in [6.07, 6.45) is -9.30. The van der Waals surface area contributed by atoms with E-state index in [-0.39, 0.29) is 31.3 Å². The maximum atomic E-state index is 14.4. The minimum Gasteiger partial charge on any atom is -0.341 e. The smallest absolute Gasteiger partial charge is 0.341 e. The number of amides is 1. The summed E-state index contributed by atoms with van der Waals surface area (Å²) in [5, 5.41) is 3.93. The van der Waals surface area contributed by atoms with Crippen LogP contribution >= 0.6 is 0 Å². The third-order valence-electron chi connectivity index (χ3n) is 6.25. The maximum Gasteiger partial charge on any atom is 0.436 e. The number of hydrogen-bond donors (Lipinski definition) is 0. The van der Waals surface area contributed by atoms with Crippen LogP contribution in [-0.4, -0.2) is 49.4 Å². The fourth-order valence-corrected chi connectivity index (χ4v) is 4.55. The summed E-state index contributed by atoms with van der Waals surface area (Å²) >= 11 is 0. The molecule has 2 aliphatic rings. The van der Waals surface area contributed by atoms with Crippen LogP contribution in [0.1, 0.15) is 42.9 Å². The number of carbonyl (C=O) groups is 1. The summed E-state index contributed by atoms with van der Waals surface area (Å²) in [6.45, 7) is 1.58. The van der Waals surface area contributed by atoms with Crippen LogP contribution < -0.4 is 5.69 Å². The van der Waals surface area contributed by atoms with Crippen LogP contribution in [0.2, 0.25) is 0 Å². The normalized spacial score (nSPS) is 23.3. The van der Waals surface area contributed by atoms with Crippen molar-refractivity contribution in [2.75, 3.05) is 13.1 Å². The van der Waals surface area contributed by atoms with E-state index in [2.05, 4.69) is 10.1 Å². The Morgan fingerprint density at radius 1 is 1.18 bits per heavy atom. The monoisotopic (exact) mass is 495 g/mol. The lowest BCUT2D eigenvalue weighted by Crippen LogP contribution is -2.49. The highest BCUT2D eigenvalue weighted by atomic mass is 19.4. The molecule has 1 amide bonds. The van der Waals surface area contributed by atoms with E-state index in [1.54, 1.807) is 0 Å². The van der Waals surface area contributed by atoms with E-state index in [0.29, 0.717) is 21.9 Å². The van der Waals surface area contributed by atoms with Gasteiger partial charge in [-0.05, 0) is 24.8 Å². The summed E-state index contributed by atoms with van der Waals surface area (Å²) in [4.78, 5) is 30.4. The molecule has 34 heavy (non-hydrogen) atoms. The molecule has 0 spiro atoms. The van der Waals surface area contributed by atoms with E-state index < -0.39 is 65.9 Å². The van der Waals surface area contributed by atoms with Crippen molar-refractivity contribution in [3.8, 4) is 0 Å². The van der Waals surface area contributed by atoms with Crippen molar-refractivity contribution in [3.63, 3.8) is 0 Å².